The standard InChI is InChI=1S/C15H28N2O2.ClH/c1-3-5-14(6-4-7-14)12-17-13(18)15(19-2)8-10-16-11-9-15;/h16H,3-12H2,1-2H3,(H,17,18);1H. The van der Waals surface area contributed by atoms with E-state index in [0.29, 0.717) is 5.41 Å². The summed E-state index contributed by atoms with van der Waals surface area (Å²) in [6.45, 7) is 4.78. The van der Waals surface area contributed by atoms with Gasteiger partial charge in [-0.05, 0) is 50.6 Å². The Balaban J connectivity index is 0.00000200. The fraction of sp³-hybridized carbons (Fsp3) is 0.933. The number of piperidine rings is 1. The molecule has 1 aliphatic heterocycles. The van der Waals surface area contributed by atoms with Gasteiger partial charge in [-0.3, -0.25) is 4.79 Å². The van der Waals surface area contributed by atoms with Gasteiger partial charge in [0.05, 0.1) is 0 Å². The van der Waals surface area contributed by atoms with Crippen molar-refractivity contribution in [3.05, 3.63) is 0 Å². The molecule has 2 fully saturated rings. The lowest BCUT2D eigenvalue weighted by atomic mass is 9.66. The molecule has 5 heteroatoms. The van der Waals surface area contributed by atoms with Crippen molar-refractivity contribution in [2.45, 2.75) is 57.5 Å². The highest BCUT2D eigenvalue weighted by atomic mass is 35.5. The molecule has 0 unspecified atom stereocenters. The monoisotopic (exact) mass is 304 g/mol. The zero-order valence-corrected chi connectivity index (χ0v) is 13.6. The van der Waals surface area contributed by atoms with Gasteiger partial charge in [-0.2, -0.15) is 0 Å². The second kappa shape index (κ2) is 7.62. The lowest BCUT2D eigenvalue weighted by Gasteiger charge is -2.43. The Morgan fingerprint density at radius 1 is 1.25 bits per heavy atom. The van der Waals surface area contributed by atoms with Gasteiger partial charge in [0.1, 0.15) is 5.60 Å². The Labute approximate surface area is 128 Å². The molecule has 0 aromatic rings. The quantitative estimate of drug-likeness (QED) is 0.791. The molecule has 1 aliphatic carbocycles. The lowest BCUT2D eigenvalue weighted by molar-refractivity contribution is -0.147. The number of ether oxygens (including phenoxy) is 1. The molecule has 1 saturated carbocycles. The number of methoxy groups -OCH3 is 1. The van der Waals surface area contributed by atoms with Crippen molar-refractivity contribution >= 4 is 18.3 Å². The van der Waals surface area contributed by atoms with Gasteiger partial charge in [-0.1, -0.05) is 19.8 Å². The van der Waals surface area contributed by atoms with E-state index in [-0.39, 0.29) is 18.3 Å². The second-order valence-electron chi connectivity index (χ2n) is 6.23. The molecule has 0 spiro atoms. The largest absolute Gasteiger partial charge is 0.368 e. The molecule has 2 aliphatic rings. The second-order valence-corrected chi connectivity index (χ2v) is 6.23. The van der Waals surface area contributed by atoms with Crippen molar-refractivity contribution in [3.63, 3.8) is 0 Å². The predicted octanol–water partition coefficient (Wildman–Crippen LogP) is 2.26. The number of carbonyl (C=O) groups is 1. The van der Waals surface area contributed by atoms with Gasteiger partial charge in [0.25, 0.3) is 5.91 Å². The van der Waals surface area contributed by atoms with Crippen LogP contribution in [0, 0.1) is 5.41 Å². The van der Waals surface area contributed by atoms with E-state index in [1.54, 1.807) is 7.11 Å². The summed E-state index contributed by atoms with van der Waals surface area (Å²) >= 11 is 0. The summed E-state index contributed by atoms with van der Waals surface area (Å²) in [6.07, 6.45) is 7.83. The van der Waals surface area contributed by atoms with E-state index in [0.717, 1.165) is 32.5 Å². The van der Waals surface area contributed by atoms with E-state index in [2.05, 4.69) is 17.6 Å². The van der Waals surface area contributed by atoms with Gasteiger partial charge in [-0.15, -0.1) is 12.4 Å². The minimum Gasteiger partial charge on any atom is -0.368 e. The van der Waals surface area contributed by atoms with Crippen LogP contribution in [0.4, 0.5) is 0 Å². The SMILES string of the molecule is CCCC1(CNC(=O)C2(OC)CCNCC2)CCC1.Cl. The van der Waals surface area contributed by atoms with Gasteiger partial charge >= 0.3 is 0 Å². The van der Waals surface area contributed by atoms with E-state index in [1.807, 2.05) is 0 Å². The summed E-state index contributed by atoms with van der Waals surface area (Å²) < 4.78 is 5.57. The maximum absolute atomic E-state index is 12.5. The minimum atomic E-state index is -0.595. The van der Waals surface area contributed by atoms with Crippen LogP contribution in [-0.4, -0.2) is 38.3 Å². The predicted molar refractivity (Wildman–Crippen MR) is 83.3 cm³/mol. The van der Waals surface area contributed by atoms with Crippen molar-refractivity contribution < 1.29 is 9.53 Å². The molecular formula is C15H29ClN2O2. The molecule has 1 amide bonds. The van der Waals surface area contributed by atoms with E-state index in [1.165, 1.54) is 32.1 Å². The minimum absolute atomic E-state index is 0. The third-order valence-electron chi connectivity index (χ3n) is 5.03. The van der Waals surface area contributed by atoms with Crippen LogP contribution < -0.4 is 10.6 Å². The maximum Gasteiger partial charge on any atom is 0.252 e. The van der Waals surface area contributed by atoms with E-state index < -0.39 is 5.60 Å². The number of hydrogen-bond donors (Lipinski definition) is 2. The van der Waals surface area contributed by atoms with E-state index in [4.69, 9.17) is 4.74 Å². The summed E-state index contributed by atoms with van der Waals surface area (Å²) in [4.78, 5) is 12.5. The summed E-state index contributed by atoms with van der Waals surface area (Å²) in [7, 11) is 1.66. The first-order valence-corrected chi connectivity index (χ1v) is 7.71. The van der Waals surface area contributed by atoms with Crippen molar-refractivity contribution in [3.8, 4) is 0 Å². The molecule has 20 heavy (non-hydrogen) atoms. The number of hydrogen-bond acceptors (Lipinski definition) is 3. The van der Waals surface area contributed by atoms with Crippen LogP contribution in [0.3, 0.4) is 0 Å². The third-order valence-corrected chi connectivity index (χ3v) is 5.03. The lowest BCUT2D eigenvalue weighted by Crippen LogP contribution is -2.56. The molecule has 118 valence electrons. The number of amides is 1. The summed E-state index contributed by atoms with van der Waals surface area (Å²) in [5, 5.41) is 6.46. The van der Waals surface area contributed by atoms with Crippen LogP contribution in [0.15, 0.2) is 0 Å². The maximum atomic E-state index is 12.5. The highest BCUT2D eigenvalue weighted by Gasteiger charge is 2.42. The third kappa shape index (κ3) is 3.66. The summed E-state index contributed by atoms with van der Waals surface area (Å²) in [5.74, 6) is 0.0962. The van der Waals surface area contributed by atoms with Crippen molar-refractivity contribution in [1.29, 1.82) is 0 Å². The molecule has 0 aromatic heterocycles. The smallest absolute Gasteiger partial charge is 0.252 e. The van der Waals surface area contributed by atoms with Crippen LogP contribution in [0.5, 0.6) is 0 Å². The van der Waals surface area contributed by atoms with E-state index in [9.17, 15) is 4.79 Å². The normalized spacial score (nSPS) is 23.3. The molecule has 0 atom stereocenters. The Hall–Kier alpha value is -0.320. The first kappa shape index (κ1) is 17.7. The fourth-order valence-electron chi connectivity index (χ4n) is 3.51. The first-order valence-electron chi connectivity index (χ1n) is 7.71. The zero-order chi connectivity index (χ0) is 13.8. The molecule has 0 radical (unpaired) electrons. The fourth-order valence-corrected chi connectivity index (χ4v) is 3.51. The molecule has 2 N–H and O–H groups in total. The van der Waals surface area contributed by atoms with Crippen molar-refractivity contribution in [1.82, 2.24) is 10.6 Å². The average molecular weight is 305 g/mol. The molecule has 4 nitrogen and oxygen atoms in total. The number of halogens is 1. The van der Waals surface area contributed by atoms with Gasteiger partial charge in [0.15, 0.2) is 0 Å². The van der Waals surface area contributed by atoms with Gasteiger partial charge in [-0.25, -0.2) is 0 Å². The van der Waals surface area contributed by atoms with Crippen molar-refractivity contribution in [2.24, 2.45) is 5.41 Å². The van der Waals surface area contributed by atoms with E-state index >= 15 is 0 Å². The summed E-state index contributed by atoms with van der Waals surface area (Å²) in [5.41, 5.74) is -0.214. The van der Waals surface area contributed by atoms with Crippen LogP contribution in [0.25, 0.3) is 0 Å². The van der Waals surface area contributed by atoms with Crippen LogP contribution in [0.2, 0.25) is 0 Å². The highest BCUT2D eigenvalue weighted by Crippen LogP contribution is 2.44. The van der Waals surface area contributed by atoms with Gasteiger partial charge in [0.2, 0.25) is 0 Å². The first-order chi connectivity index (χ1) is 9.16. The van der Waals surface area contributed by atoms with Crippen molar-refractivity contribution in [2.75, 3.05) is 26.7 Å². The average Bonchev–Trinajstić information content (AvgIpc) is 2.42. The van der Waals surface area contributed by atoms with Gasteiger partial charge < -0.3 is 15.4 Å². The highest BCUT2D eigenvalue weighted by molar-refractivity contribution is 5.85. The Bertz CT molecular complexity index is 313. The molecule has 1 heterocycles. The van der Waals surface area contributed by atoms with Gasteiger partial charge in [0, 0.05) is 13.7 Å². The van der Waals surface area contributed by atoms with Crippen LogP contribution in [0.1, 0.15) is 51.9 Å². The Morgan fingerprint density at radius 2 is 1.90 bits per heavy atom. The Kier molecular flexibility index (Phi) is 6.76. The topological polar surface area (TPSA) is 50.4 Å². The molecular weight excluding hydrogens is 276 g/mol. The number of nitrogens with one attached hydrogen (secondary N) is 2. The molecule has 2 rings (SSSR count). The zero-order valence-electron chi connectivity index (χ0n) is 12.8. The molecule has 1 saturated heterocycles. The summed E-state index contributed by atoms with van der Waals surface area (Å²) in [6, 6.07) is 0. The van der Waals surface area contributed by atoms with Crippen LogP contribution >= 0.6 is 12.4 Å². The molecule has 0 bridgehead atoms. The molecule has 0 aromatic carbocycles. The number of rotatable bonds is 6. The number of carbonyl (C=O) groups excluding carboxylic acids is 1. The van der Waals surface area contributed by atoms with Crippen LogP contribution in [-0.2, 0) is 9.53 Å². The Morgan fingerprint density at radius 3 is 2.35 bits per heavy atom.